The molecule has 0 radical (unpaired) electrons. The van der Waals surface area contributed by atoms with Crippen molar-refractivity contribution in [3.8, 4) is 5.75 Å². The van der Waals surface area contributed by atoms with Crippen molar-refractivity contribution in [3.63, 3.8) is 0 Å². The van der Waals surface area contributed by atoms with Crippen LogP contribution in [0, 0.1) is 0 Å². The smallest absolute Gasteiger partial charge is 0.504 e. The maximum absolute atomic E-state index is 8.75. The van der Waals surface area contributed by atoms with E-state index in [9.17, 15) is 0 Å². The van der Waals surface area contributed by atoms with Gasteiger partial charge in [0.05, 0.1) is 5.75 Å². The standard InChI is InChI=1S/C6H8B2O4/c9-7-12-6-3-1-2-5(4-6)8(10)11/h1-4,7,9-11H. The molecule has 0 aliphatic heterocycles. The molecule has 0 aliphatic carbocycles. The Kier molecular flexibility index (Phi) is 3.16. The largest absolute Gasteiger partial charge is 0.539 e. The lowest BCUT2D eigenvalue weighted by atomic mass is 9.80. The van der Waals surface area contributed by atoms with Crippen molar-refractivity contribution in [1.82, 2.24) is 0 Å². The highest BCUT2D eigenvalue weighted by Crippen LogP contribution is 2.05. The van der Waals surface area contributed by atoms with E-state index in [1.807, 2.05) is 0 Å². The Morgan fingerprint density at radius 2 is 2.08 bits per heavy atom. The van der Waals surface area contributed by atoms with E-state index in [2.05, 4.69) is 0 Å². The van der Waals surface area contributed by atoms with E-state index in [1.54, 1.807) is 18.2 Å². The second kappa shape index (κ2) is 4.15. The van der Waals surface area contributed by atoms with Crippen molar-refractivity contribution in [2.75, 3.05) is 0 Å². The van der Waals surface area contributed by atoms with Gasteiger partial charge >= 0.3 is 14.8 Å². The Morgan fingerprint density at radius 1 is 1.33 bits per heavy atom. The summed E-state index contributed by atoms with van der Waals surface area (Å²) in [5, 5.41) is 25.9. The van der Waals surface area contributed by atoms with Gasteiger partial charge in [-0.15, -0.1) is 0 Å². The van der Waals surface area contributed by atoms with Crippen LogP contribution in [0.4, 0.5) is 0 Å². The van der Waals surface area contributed by atoms with Gasteiger partial charge in [-0.1, -0.05) is 12.1 Å². The van der Waals surface area contributed by atoms with Crippen molar-refractivity contribution < 1.29 is 19.7 Å². The summed E-state index contributed by atoms with van der Waals surface area (Å²) in [5.41, 5.74) is 0.334. The van der Waals surface area contributed by atoms with Crippen LogP contribution in [-0.4, -0.2) is 29.9 Å². The first-order valence-electron chi connectivity index (χ1n) is 3.44. The van der Waals surface area contributed by atoms with Crippen LogP contribution in [0.2, 0.25) is 0 Å². The summed E-state index contributed by atoms with van der Waals surface area (Å²) in [6, 6.07) is 6.22. The third kappa shape index (κ3) is 2.27. The molecule has 1 aromatic rings. The normalized spacial score (nSPS) is 9.25. The molecule has 0 bridgehead atoms. The first-order chi connectivity index (χ1) is 5.74. The van der Waals surface area contributed by atoms with E-state index >= 15 is 0 Å². The summed E-state index contributed by atoms with van der Waals surface area (Å²) in [5.74, 6) is 0.406. The molecule has 12 heavy (non-hydrogen) atoms. The minimum atomic E-state index is -1.51. The van der Waals surface area contributed by atoms with Gasteiger partial charge in [0, 0.05) is 0 Å². The fraction of sp³-hybridized carbons (Fsp3) is 0. The molecule has 1 rings (SSSR count). The van der Waals surface area contributed by atoms with Crippen LogP contribution >= 0.6 is 0 Å². The van der Waals surface area contributed by atoms with E-state index in [-0.39, 0.29) is 0 Å². The molecule has 0 spiro atoms. The van der Waals surface area contributed by atoms with E-state index in [0.29, 0.717) is 11.2 Å². The van der Waals surface area contributed by atoms with Crippen LogP contribution in [0.5, 0.6) is 5.75 Å². The van der Waals surface area contributed by atoms with Gasteiger partial charge < -0.3 is 19.7 Å². The molecule has 1 aromatic carbocycles. The Labute approximate surface area is 70.9 Å². The zero-order valence-corrected chi connectivity index (χ0v) is 6.34. The molecule has 0 fully saturated rings. The topological polar surface area (TPSA) is 69.9 Å². The summed E-state index contributed by atoms with van der Waals surface area (Å²) in [6.07, 6.45) is 0. The third-order valence-corrected chi connectivity index (χ3v) is 1.39. The molecule has 0 saturated heterocycles. The van der Waals surface area contributed by atoms with Crippen LogP contribution < -0.4 is 10.1 Å². The molecule has 62 valence electrons. The average Bonchev–Trinajstić information content (AvgIpc) is 2.05. The van der Waals surface area contributed by atoms with Crippen molar-refractivity contribution in [1.29, 1.82) is 0 Å². The van der Waals surface area contributed by atoms with Crippen LogP contribution in [0.15, 0.2) is 24.3 Å². The highest BCUT2D eigenvalue weighted by Gasteiger charge is 2.10. The second-order valence-electron chi connectivity index (χ2n) is 2.22. The Balaban J connectivity index is 2.81. The van der Waals surface area contributed by atoms with E-state index < -0.39 is 14.8 Å². The SMILES string of the molecule is OBOc1cccc(B(O)O)c1. The minimum absolute atomic E-state index is 0.334. The zero-order valence-electron chi connectivity index (χ0n) is 6.34. The van der Waals surface area contributed by atoms with Gasteiger partial charge in [0.15, 0.2) is 0 Å². The summed E-state index contributed by atoms with van der Waals surface area (Å²) < 4.78 is 4.73. The predicted molar refractivity (Wildman–Crippen MR) is 46.3 cm³/mol. The maximum atomic E-state index is 8.75. The Bertz CT molecular complexity index is 253. The number of hydrogen-bond acceptors (Lipinski definition) is 4. The summed E-state index contributed by atoms with van der Waals surface area (Å²) in [6.45, 7) is 0. The molecule has 0 atom stereocenters. The van der Waals surface area contributed by atoms with Gasteiger partial charge in [-0.3, -0.25) is 0 Å². The molecule has 0 unspecified atom stereocenters. The quantitative estimate of drug-likeness (QED) is 0.454. The van der Waals surface area contributed by atoms with Crippen molar-refractivity contribution in [3.05, 3.63) is 24.3 Å². The fourth-order valence-corrected chi connectivity index (χ4v) is 0.839. The monoisotopic (exact) mass is 166 g/mol. The third-order valence-electron chi connectivity index (χ3n) is 1.39. The van der Waals surface area contributed by atoms with Gasteiger partial charge in [0.25, 0.3) is 0 Å². The summed E-state index contributed by atoms with van der Waals surface area (Å²) in [7, 11) is -1.93. The van der Waals surface area contributed by atoms with Gasteiger partial charge in [0.2, 0.25) is 0 Å². The molecule has 0 saturated carbocycles. The van der Waals surface area contributed by atoms with E-state index in [1.165, 1.54) is 6.07 Å². The first-order valence-corrected chi connectivity index (χ1v) is 3.44. The lowest BCUT2D eigenvalue weighted by molar-refractivity contribution is 0.424. The van der Waals surface area contributed by atoms with Crippen LogP contribution in [-0.2, 0) is 0 Å². The Morgan fingerprint density at radius 3 is 2.67 bits per heavy atom. The van der Waals surface area contributed by atoms with Crippen molar-refractivity contribution >= 4 is 20.3 Å². The predicted octanol–water partition coefficient (Wildman–Crippen LogP) is -2.00. The molecule has 0 aromatic heterocycles. The summed E-state index contributed by atoms with van der Waals surface area (Å²) in [4.78, 5) is 0. The molecule has 3 N–H and O–H groups in total. The van der Waals surface area contributed by atoms with E-state index in [0.717, 1.165) is 0 Å². The van der Waals surface area contributed by atoms with Gasteiger partial charge in [-0.25, -0.2) is 0 Å². The molecule has 0 amide bonds. The second-order valence-corrected chi connectivity index (χ2v) is 2.22. The molecule has 4 nitrogen and oxygen atoms in total. The van der Waals surface area contributed by atoms with Crippen LogP contribution in [0.1, 0.15) is 0 Å². The number of hydrogen-bond donors (Lipinski definition) is 3. The minimum Gasteiger partial charge on any atom is -0.539 e. The molecular weight excluding hydrogens is 158 g/mol. The fourth-order valence-electron chi connectivity index (χ4n) is 0.839. The maximum Gasteiger partial charge on any atom is 0.504 e. The number of benzene rings is 1. The number of rotatable bonds is 3. The van der Waals surface area contributed by atoms with E-state index in [4.69, 9.17) is 19.7 Å². The van der Waals surface area contributed by atoms with Crippen molar-refractivity contribution in [2.45, 2.75) is 0 Å². The van der Waals surface area contributed by atoms with Gasteiger partial charge in [0.1, 0.15) is 0 Å². The Hall–Kier alpha value is -0.970. The molecule has 6 heteroatoms. The lowest BCUT2D eigenvalue weighted by Crippen LogP contribution is -2.29. The first kappa shape index (κ1) is 9.12. The molecule has 0 heterocycles. The van der Waals surface area contributed by atoms with Crippen molar-refractivity contribution in [2.24, 2.45) is 0 Å². The van der Waals surface area contributed by atoms with Gasteiger partial charge in [-0.05, 0) is 17.6 Å². The van der Waals surface area contributed by atoms with Crippen LogP contribution in [0.3, 0.4) is 0 Å². The van der Waals surface area contributed by atoms with Gasteiger partial charge in [-0.2, -0.15) is 0 Å². The van der Waals surface area contributed by atoms with Crippen LogP contribution in [0.25, 0.3) is 0 Å². The highest BCUT2D eigenvalue weighted by molar-refractivity contribution is 6.58. The average molecular weight is 166 g/mol. The summed E-state index contributed by atoms with van der Waals surface area (Å²) >= 11 is 0. The zero-order chi connectivity index (χ0) is 8.97. The lowest BCUT2D eigenvalue weighted by Gasteiger charge is -2.03. The highest BCUT2D eigenvalue weighted by atomic mass is 16.5. The molecule has 0 aliphatic rings. The molecular formula is C6H8B2O4.